The Morgan fingerprint density at radius 1 is 0.926 bits per heavy atom. The lowest BCUT2D eigenvalue weighted by Gasteiger charge is -2.13. The van der Waals surface area contributed by atoms with Crippen molar-refractivity contribution in [3.05, 3.63) is 72.1 Å². The van der Waals surface area contributed by atoms with Gasteiger partial charge in [0.05, 0.1) is 37.4 Å². The number of rotatable bonds is 6. The second-order valence-electron chi connectivity index (χ2n) is 5.97. The van der Waals surface area contributed by atoms with Crippen molar-refractivity contribution in [1.29, 1.82) is 0 Å². The topological polar surface area (TPSA) is 72.5 Å². The van der Waals surface area contributed by atoms with Crippen LogP contribution in [0.4, 0.5) is 17.1 Å². The molecule has 0 atom stereocenters. The quantitative estimate of drug-likeness (QED) is 0.679. The summed E-state index contributed by atoms with van der Waals surface area (Å²) < 4.78 is 10.6. The summed E-state index contributed by atoms with van der Waals surface area (Å²) in [5.41, 5.74) is 3.70. The molecule has 2 aromatic carbocycles. The van der Waals surface area contributed by atoms with E-state index in [9.17, 15) is 4.79 Å². The van der Waals surface area contributed by atoms with Crippen molar-refractivity contribution < 1.29 is 14.3 Å². The molecule has 0 saturated heterocycles. The number of amides is 1. The number of hydrogen-bond donors (Lipinski definition) is 2. The fourth-order valence-corrected chi connectivity index (χ4v) is 2.54. The summed E-state index contributed by atoms with van der Waals surface area (Å²) in [6.07, 6.45) is 3.17. The van der Waals surface area contributed by atoms with E-state index >= 15 is 0 Å². The minimum atomic E-state index is -0.229. The Labute approximate surface area is 158 Å². The van der Waals surface area contributed by atoms with Crippen molar-refractivity contribution in [2.24, 2.45) is 0 Å². The first-order chi connectivity index (χ1) is 13.1. The molecule has 0 aliphatic heterocycles. The van der Waals surface area contributed by atoms with Gasteiger partial charge in [0.15, 0.2) is 0 Å². The summed E-state index contributed by atoms with van der Waals surface area (Å²) in [4.78, 5) is 16.7. The third-order valence-electron chi connectivity index (χ3n) is 4.00. The van der Waals surface area contributed by atoms with Crippen LogP contribution in [0.2, 0.25) is 0 Å². The normalized spacial score (nSPS) is 10.2. The highest BCUT2D eigenvalue weighted by Gasteiger charge is 2.10. The van der Waals surface area contributed by atoms with Gasteiger partial charge >= 0.3 is 0 Å². The lowest BCUT2D eigenvalue weighted by atomic mass is 10.2. The van der Waals surface area contributed by atoms with E-state index in [4.69, 9.17) is 9.47 Å². The van der Waals surface area contributed by atoms with Crippen LogP contribution in [0.3, 0.4) is 0 Å². The average molecular weight is 363 g/mol. The van der Waals surface area contributed by atoms with Crippen LogP contribution < -0.4 is 20.1 Å². The number of aromatic nitrogens is 1. The van der Waals surface area contributed by atoms with Gasteiger partial charge in [-0.2, -0.15) is 0 Å². The highest BCUT2D eigenvalue weighted by Crippen LogP contribution is 2.31. The Kier molecular flexibility index (Phi) is 5.56. The number of carbonyl (C=O) groups excluding carboxylic acids is 1. The average Bonchev–Trinajstić information content (AvgIpc) is 2.70. The number of hydrogen-bond acceptors (Lipinski definition) is 5. The molecule has 6 nitrogen and oxygen atoms in total. The maximum atomic E-state index is 12.5. The van der Waals surface area contributed by atoms with E-state index in [1.165, 1.54) is 6.20 Å². The fourth-order valence-electron chi connectivity index (χ4n) is 2.54. The molecule has 2 N–H and O–H groups in total. The third kappa shape index (κ3) is 4.55. The number of nitrogens with zero attached hydrogens (tertiary/aromatic N) is 1. The lowest BCUT2D eigenvalue weighted by molar-refractivity contribution is 0.102. The van der Waals surface area contributed by atoms with E-state index in [1.807, 2.05) is 49.4 Å². The molecule has 1 amide bonds. The molecule has 27 heavy (non-hydrogen) atoms. The summed E-state index contributed by atoms with van der Waals surface area (Å²) in [5, 5.41) is 6.08. The smallest absolute Gasteiger partial charge is 0.257 e. The summed E-state index contributed by atoms with van der Waals surface area (Å²) in [7, 11) is 3.19. The van der Waals surface area contributed by atoms with Crippen LogP contribution in [-0.2, 0) is 0 Å². The molecule has 0 unspecified atom stereocenters. The molecular weight excluding hydrogens is 342 g/mol. The van der Waals surface area contributed by atoms with E-state index < -0.39 is 0 Å². The van der Waals surface area contributed by atoms with E-state index in [1.54, 1.807) is 26.5 Å². The van der Waals surface area contributed by atoms with Gasteiger partial charge in [-0.3, -0.25) is 9.78 Å². The number of benzene rings is 2. The van der Waals surface area contributed by atoms with Gasteiger partial charge in [0.2, 0.25) is 0 Å². The predicted molar refractivity (Wildman–Crippen MR) is 106 cm³/mol. The van der Waals surface area contributed by atoms with Gasteiger partial charge in [-0.15, -0.1) is 0 Å². The molecule has 0 saturated carbocycles. The molecule has 138 valence electrons. The van der Waals surface area contributed by atoms with E-state index in [2.05, 4.69) is 15.6 Å². The van der Waals surface area contributed by atoms with Crippen LogP contribution in [0.25, 0.3) is 0 Å². The van der Waals surface area contributed by atoms with Gasteiger partial charge in [0.25, 0.3) is 5.91 Å². The van der Waals surface area contributed by atoms with Gasteiger partial charge in [-0.25, -0.2) is 0 Å². The van der Waals surface area contributed by atoms with Crippen molar-refractivity contribution in [3.63, 3.8) is 0 Å². The predicted octanol–water partition coefficient (Wildman–Crippen LogP) is 4.40. The molecule has 0 bridgehead atoms. The maximum absolute atomic E-state index is 12.5. The largest absolute Gasteiger partial charge is 0.497 e. The number of pyridine rings is 1. The van der Waals surface area contributed by atoms with Crippen molar-refractivity contribution in [3.8, 4) is 11.5 Å². The van der Waals surface area contributed by atoms with Crippen LogP contribution >= 0.6 is 0 Å². The van der Waals surface area contributed by atoms with Gasteiger partial charge in [0, 0.05) is 18.0 Å². The molecule has 1 aromatic heterocycles. The number of anilines is 3. The Hall–Kier alpha value is -3.54. The summed E-state index contributed by atoms with van der Waals surface area (Å²) in [6.45, 7) is 2.00. The first-order valence-electron chi connectivity index (χ1n) is 8.41. The molecule has 0 aliphatic carbocycles. The lowest BCUT2D eigenvalue weighted by Crippen LogP contribution is -2.12. The van der Waals surface area contributed by atoms with Crippen molar-refractivity contribution in [2.75, 3.05) is 24.9 Å². The number of ether oxygens (including phenoxy) is 2. The number of aryl methyl sites for hydroxylation is 1. The molecule has 1 heterocycles. The van der Waals surface area contributed by atoms with Crippen LogP contribution in [0.15, 0.2) is 60.9 Å². The van der Waals surface area contributed by atoms with Gasteiger partial charge in [-0.05, 0) is 37.3 Å². The number of methoxy groups -OCH3 is 2. The summed E-state index contributed by atoms with van der Waals surface area (Å²) >= 11 is 0. The Morgan fingerprint density at radius 3 is 2.41 bits per heavy atom. The monoisotopic (exact) mass is 363 g/mol. The summed E-state index contributed by atoms with van der Waals surface area (Å²) in [5.74, 6) is 1.12. The van der Waals surface area contributed by atoms with E-state index in [0.29, 0.717) is 22.7 Å². The standard InChI is InChI=1S/C21H21N3O3/c1-14-4-6-16(7-5-14)24-21(25)15-10-17(13-22-12-15)23-19-11-18(26-2)8-9-20(19)27-3/h4-13,23H,1-3H3,(H,24,25). The minimum Gasteiger partial charge on any atom is -0.497 e. The Morgan fingerprint density at radius 2 is 1.70 bits per heavy atom. The van der Waals surface area contributed by atoms with Crippen LogP contribution in [0.5, 0.6) is 11.5 Å². The van der Waals surface area contributed by atoms with E-state index in [-0.39, 0.29) is 5.91 Å². The zero-order chi connectivity index (χ0) is 19.2. The SMILES string of the molecule is COc1ccc(OC)c(Nc2cncc(C(=O)Nc3ccc(C)cc3)c2)c1. The molecule has 3 rings (SSSR count). The molecule has 3 aromatic rings. The maximum Gasteiger partial charge on any atom is 0.257 e. The summed E-state index contributed by atoms with van der Waals surface area (Å²) in [6, 6.07) is 14.8. The highest BCUT2D eigenvalue weighted by molar-refractivity contribution is 6.04. The van der Waals surface area contributed by atoms with Crippen LogP contribution in [-0.4, -0.2) is 25.1 Å². The van der Waals surface area contributed by atoms with Gasteiger partial charge in [-0.1, -0.05) is 17.7 Å². The molecule has 0 fully saturated rings. The first kappa shape index (κ1) is 18.3. The Bertz CT molecular complexity index is 940. The van der Waals surface area contributed by atoms with Crippen molar-refractivity contribution >= 4 is 23.0 Å². The zero-order valence-electron chi connectivity index (χ0n) is 15.4. The van der Waals surface area contributed by atoms with Gasteiger partial charge < -0.3 is 20.1 Å². The molecule has 0 radical (unpaired) electrons. The van der Waals surface area contributed by atoms with Gasteiger partial charge in [0.1, 0.15) is 11.5 Å². The number of nitrogens with one attached hydrogen (secondary N) is 2. The Balaban J connectivity index is 1.79. The van der Waals surface area contributed by atoms with Crippen LogP contribution in [0.1, 0.15) is 15.9 Å². The molecule has 0 spiro atoms. The van der Waals surface area contributed by atoms with Crippen LogP contribution in [0, 0.1) is 6.92 Å². The zero-order valence-corrected chi connectivity index (χ0v) is 15.4. The minimum absolute atomic E-state index is 0.229. The van der Waals surface area contributed by atoms with Crippen molar-refractivity contribution in [1.82, 2.24) is 4.98 Å². The third-order valence-corrected chi connectivity index (χ3v) is 4.00. The first-order valence-corrected chi connectivity index (χ1v) is 8.41. The highest BCUT2D eigenvalue weighted by atomic mass is 16.5. The second kappa shape index (κ2) is 8.23. The second-order valence-corrected chi connectivity index (χ2v) is 5.97. The molecule has 6 heteroatoms. The van der Waals surface area contributed by atoms with E-state index in [0.717, 1.165) is 16.9 Å². The van der Waals surface area contributed by atoms with Crippen molar-refractivity contribution in [2.45, 2.75) is 6.92 Å². The fraction of sp³-hybridized carbons (Fsp3) is 0.143. The molecular formula is C21H21N3O3. The molecule has 0 aliphatic rings. The number of carbonyl (C=O) groups is 1.